The van der Waals surface area contributed by atoms with Crippen molar-refractivity contribution in [1.29, 1.82) is 0 Å². The second-order valence-corrected chi connectivity index (χ2v) is 29.0. The molecule has 0 aromatic rings. The maximum Gasteiger partial charge on any atom is 0.331 e. The molecule has 2 saturated heterocycles. The van der Waals surface area contributed by atoms with Gasteiger partial charge < -0.3 is 78.0 Å². The number of hydrogen-bond donors (Lipinski definition) is 6. The van der Waals surface area contributed by atoms with Gasteiger partial charge in [0.05, 0.1) is 110 Å². The highest BCUT2D eigenvalue weighted by Gasteiger charge is 2.39. The predicted octanol–water partition coefficient (Wildman–Crippen LogP) is 11.7. The lowest BCUT2D eigenvalue weighted by atomic mass is 9.83. The average molecular weight is 1330 g/mol. The molecule has 26 atom stereocenters. The Morgan fingerprint density at radius 2 is 0.883 bits per heavy atom. The number of fused-ring (bicyclic) bond motifs is 4. The van der Waals surface area contributed by atoms with E-state index in [9.17, 15) is 40.2 Å². The molecule has 0 radical (unpaired) electrons. The summed E-state index contributed by atoms with van der Waals surface area (Å²) in [6, 6.07) is 0. The quantitative estimate of drug-likeness (QED) is 0.0621. The third kappa shape index (κ3) is 28.6. The van der Waals surface area contributed by atoms with Crippen molar-refractivity contribution in [3.8, 4) is 0 Å². The van der Waals surface area contributed by atoms with E-state index in [1.807, 2.05) is 55.4 Å². The number of methoxy groups -OCH3 is 4. The van der Waals surface area contributed by atoms with Crippen molar-refractivity contribution in [3.63, 3.8) is 0 Å². The molecule has 4 bridgehead atoms. The summed E-state index contributed by atoms with van der Waals surface area (Å²) >= 11 is 0. The summed E-state index contributed by atoms with van der Waals surface area (Å²) in [5.74, 6) is -3.42. The van der Waals surface area contributed by atoms with Gasteiger partial charge >= 0.3 is 11.9 Å². The fourth-order valence-electron chi connectivity index (χ4n) is 14.7. The van der Waals surface area contributed by atoms with Crippen LogP contribution >= 0.6 is 0 Å². The maximum absolute atomic E-state index is 13.7. The molecule has 5 rings (SSSR count). The van der Waals surface area contributed by atoms with Crippen LogP contribution in [0.3, 0.4) is 0 Å². The van der Waals surface area contributed by atoms with E-state index in [2.05, 4.69) is 50.3 Å². The van der Waals surface area contributed by atoms with E-state index < -0.39 is 72.6 Å². The van der Waals surface area contributed by atoms with E-state index >= 15 is 0 Å². The number of aliphatic hydroxyl groups is 6. The number of aliphatic hydroxyl groups excluding tert-OH is 6. The van der Waals surface area contributed by atoms with Gasteiger partial charge in [-0.1, -0.05) is 101 Å². The van der Waals surface area contributed by atoms with Crippen LogP contribution in [0.15, 0.2) is 71.9 Å². The third-order valence-corrected chi connectivity index (χ3v) is 21.1. The van der Waals surface area contributed by atoms with E-state index in [0.717, 1.165) is 88.2 Å². The van der Waals surface area contributed by atoms with Gasteiger partial charge in [-0.05, 0) is 155 Å². The lowest BCUT2D eigenvalue weighted by molar-refractivity contribution is -0.152. The average Bonchev–Trinajstić information content (AvgIpc) is 1.09. The summed E-state index contributed by atoms with van der Waals surface area (Å²) in [6.45, 7) is 19.5. The van der Waals surface area contributed by atoms with Crippen molar-refractivity contribution >= 4 is 11.9 Å². The molecule has 0 aromatic carbocycles. The Morgan fingerprint density at radius 3 is 1.24 bits per heavy atom. The van der Waals surface area contributed by atoms with Gasteiger partial charge in [-0.25, -0.2) is 9.59 Å². The summed E-state index contributed by atoms with van der Waals surface area (Å²) < 4.78 is 61.3. The fourth-order valence-corrected chi connectivity index (χ4v) is 14.7. The molecule has 6 N–H and O–H groups in total. The predicted molar refractivity (Wildman–Crippen MR) is 366 cm³/mol. The normalized spacial score (nSPS) is 39.1. The summed E-state index contributed by atoms with van der Waals surface area (Å²) in [4.78, 5) is 27.5. The molecule has 0 aliphatic carbocycles. The first-order valence-electron chi connectivity index (χ1n) is 36.0. The highest BCUT2D eigenvalue weighted by atomic mass is 16.6. The standard InChI is InChI=1S/C76H128O18/c1-47-21-15-17-23-59-25-19-27-61(91-59)45-69(87-13)54(8)68(80)40-58(78)42-72(56(10)76(84)50(4)32-34-64-44-66(86-12)38-52(6)90-64)94-74(82)36-30-48(2)22-16-18-24-60-26-20-28-62(92-60)46-70(88-14)53(7)67(79)39-57(77)41-71(93-73(81)35-29-47)55(9)75(83)49(3)31-33-63-43-65(85-11)37-51(5)89-63/h19-22,25-26,29-30,35-36,49-72,75-80,83-84H,15-18,23-24,27-28,31-34,37-46H2,1-14H3/b35-29+,36-30+,47-21+,48-22+/t49-,50-,51-,52-,53-,54-,55+,56+,57+,58+,59+,60+,61-,62-,63-,64-,65+,66+,67-,68-,69-,70-,71-,72-,75-,76-/m0/s1. The SMILES string of the molecule is CO[C@H]1C[C@H](CC[C@H](C)[C@H](O)[C@H](C)[C@@H]2C[C@H](O)C[C@H](O)[C@H](C)[C@@H](OC)C[C@@H]3CC=C[C@@H](CCC/C=C(C)/C=C/C(=O)O[C@H]([C@@H](C)[C@@H](O)[C@@H](C)CC[C@H]4C[C@H](OC)C[C@H](C)O4)C[C@H](O)C[C@H](O)[C@H](C)[C@@H](OC)C[C@@H]4CC=C[C@@H](CCC/C=C(C)/C=C/C(=O)O2)O4)O3)O[C@@H](C)C1. The highest BCUT2D eigenvalue weighted by molar-refractivity contribution is 5.83. The number of carbonyl (C=O) groups excluding carboxylic acids is 2. The Balaban J connectivity index is 1.30. The summed E-state index contributed by atoms with van der Waals surface area (Å²) in [7, 11) is 6.71. The van der Waals surface area contributed by atoms with E-state index in [0.29, 0.717) is 38.5 Å². The van der Waals surface area contributed by atoms with E-state index in [-0.39, 0.29) is 123 Å². The zero-order chi connectivity index (χ0) is 69.0. The van der Waals surface area contributed by atoms with Crippen LogP contribution in [-0.4, -0.2) is 193 Å². The Kier molecular flexibility index (Phi) is 37.0. The van der Waals surface area contributed by atoms with Crippen LogP contribution in [0.4, 0.5) is 0 Å². The van der Waals surface area contributed by atoms with Crippen molar-refractivity contribution in [2.45, 2.75) is 333 Å². The molecular weight excluding hydrogens is 1200 g/mol. The fraction of sp³-hybridized carbons (Fsp3) is 0.816. The number of carbonyl (C=O) groups is 2. The van der Waals surface area contributed by atoms with Crippen LogP contribution in [0.5, 0.6) is 0 Å². The Morgan fingerprint density at radius 1 is 0.500 bits per heavy atom. The molecule has 0 amide bonds. The minimum atomic E-state index is -1.07. The van der Waals surface area contributed by atoms with Gasteiger partial charge in [-0.3, -0.25) is 0 Å². The molecule has 0 unspecified atom stereocenters. The molecular formula is C76H128O18. The molecule has 2 fully saturated rings. The number of cyclic esters (lactones) is 2. The number of hydrogen-bond acceptors (Lipinski definition) is 18. The topological polar surface area (TPSA) is 248 Å². The first-order chi connectivity index (χ1) is 44.8. The van der Waals surface area contributed by atoms with Crippen molar-refractivity contribution in [3.05, 3.63) is 71.9 Å². The van der Waals surface area contributed by atoms with Gasteiger partial charge in [0.1, 0.15) is 12.2 Å². The van der Waals surface area contributed by atoms with E-state index in [1.165, 1.54) is 12.2 Å². The van der Waals surface area contributed by atoms with Crippen molar-refractivity contribution in [2.24, 2.45) is 35.5 Å². The molecule has 94 heavy (non-hydrogen) atoms. The number of rotatable bonds is 16. The minimum absolute atomic E-state index is 0.000510. The van der Waals surface area contributed by atoms with Crippen molar-refractivity contribution < 1.29 is 87.6 Å². The Bertz CT molecular complexity index is 2180. The van der Waals surface area contributed by atoms with Crippen molar-refractivity contribution in [1.82, 2.24) is 0 Å². The van der Waals surface area contributed by atoms with E-state index in [4.69, 9.17) is 47.4 Å². The number of allylic oxidation sites excluding steroid dienone is 6. The second kappa shape index (κ2) is 42.7. The largest absolute Gasteiger partial charge is 0.459 e. The van der Waals surface area contributed by atoms with E-state index in [1.54, 1.807) is 40.6 Å². The van der Waals surface area contributed by atoms with Crippen LogP contribution < -0.4 is 0 Å². The van der Waals surface area contributed by atoms with Crippen molar-refractivity contribution in [2.75, 3.05) is 28.4 Å². The summed E-state index contributed by atoms with van der Waals surface area (Å²) in [5.41, 5.74) is 1.74. The monoisotopic (exact) mass is 1330 g/mol. The highest BCUT2D eigenvalue weighted by Crippen LogP contribution is 2.35. The molecule has 0 aromatic heterocycles. The van der Waals surface area contributed by atoms with Gasteiger partial charge in [-0.2, -0.15) is 0 Å². The maximum atomic E-state index is 13.7. The molecule has 540 valence electrons. The Hall–Kier alpha value is -3.18. The lowest BCUT2D eigenvalue weighted by Crippen LogP contribution is -2.41. The summed E-state index contributed by atoms with van der Waals surface area (Å²) in [5, 5.41) is 70.7. The first-order valence-corrected chi connectivity index (χ1v) is 36.0. The van der Waals surface area contributed by atoms with Crippen LogP contribution in [0.2, 0.25) is 0 Å². The smallest absolute Gasteiger partial charge is 0.331 e. The van der Waals surface area contributed by atoms with Crippen LogP contribution in [0.1, 0.15) is 210 Å². The Labute approximate surface area is 565 Å². The van der Waals surface area contributed by atoms with Crippen LogP contribution in [0.25, 0.3) is 0 Å². The molecule has 5 aliphatic heterocycles. The molecule has 18 heteroatoms. The molecule has 5 aliphatic rings. The zero-order valence-electron chi connectivity index (χ0n) is 59.9. The van der Waals surface area contributed by atoms with Gasteiger partial charge in [0.25, 0.3) is 0 Å². The van der Waals surface area contributed by atoms with Crippen LogP contribution in [0, 0.1) is 35.5 Å². The lowest BCUT2D eigenvalue weighted by Gasteiger charge is -2.36. The van der Waals surface area contributed by atoms with Gasteiger partial charge in [-0.15, -0.1) is 0 Å². The number of esters is 2. The first kappa shape index (κ1) is 81.5. The second-order valence-electron chi connectivity index (χ2n) is 29.0. The molecule has 0 spiro atoms. The van der Waals surface area contributed by atoms with Gasteiger partial charge in [0.2, 0.25) is 0 Å². The molecule has 5 heterocycles. The van der Waals surface area contributed by atoms with Gasteiger partial charge in [0, 0.05) is 89.9 Å². The zero-order valence-corrected chi connectivity index (χ0v) is 59.9. The third-order valence-electron chi connectivity index (χ3n) is 21.1. The van der Waals surface area contributed by atoms with Gasteiger partial charge in [0.15, 0.2) is 0 Å². The minimum Gasteiger partial charge on any atom is -0.459 e. The number of ether oxygens (including phenoxy) is 10. The molecule has 0 saturated carbocycles. The summed E-state index contributed by atoms with van der Waals surface area (Å²) in [6.07, 6.45) is 23.4. The van der Waals surface area contributed by atoms with Crippen LogP contribution in [-0.2, 0) is 57.0 Å². The molecule has 18 nitrogen and oxygen atoms in total.